The number of benzene rings is 1. The first-order valence-electron chi connectivity index (χ1n) is 4.51. The lowest BCUT2D eigenvalue weighted by molar-refractivity contribution is 0.148. The average Bonchev–Trinajstić information content (AvgIpc) is 2.89. The molecule has 5 heteroatoms. The maximum atomic E-state index is 13.5. The number of rotatable bonds is 2. The fourth-order valence-electron chi connectivity index (χ4n) is 1.45. The summed E-state index contributed by atoms with van der Waals surface area (Å²) in [6, 6.07) is 0.866. The van der Waals surface area contributed by atoms with Gasteiger partial charge in [-0.2, -0.15) is 0 Å². The van der Waals surface area contributed by atoms with Gasteiger partial charge in [-0.1, -0.05) is 0 Å². The first-order chi connectivity index (χ1) is 6.93. The van der Waals surface area contributed by atoms with Crippen molar-refractivity contribution in [3.05, 3.63) is 27.7 Å². The maximum Gasteiger partial charge on any atom is 0.166 e. The minimum absolute atomic E-state index is 0.0444. The molecule has 0 aliphatic heterocycles. The highest BCUT2D eigenvalue weighted by Gasteiger charge is 2.42. The topological polar surface area (TPSA) is 40.5 Å². The normalized spacial score (nSPS) is 17.9. The van der Waals surface area contributed by atoms with Crippen LogP contribution in [0.3, 0.4) is 0 Å². The van der Waals surface area contributed by atoms with E-state index in [9.17, 15) is 19.0 Å². The van der Waals surface area contributed by atoms with E-state index in [1.165, 1.54) is 0 Å². The molecule has 2 rings (SSSR count). The van der Waals surface area contributed by atoms with Gasteiger partial charge in [0.2, 0.25) is 0 Å². The second kappa shape index (κ2) is 3.42. The molecule has 1 saturated carbocycles. The molecule has 0 radical (unpaired) electrons. The number of aliphatic hydroxyl groups is 1. The molecule has 1 aliphatic rings. The summed E-state index contributed by atoms with van der Waals surface area (Å²) < 4.78 is 26.6. The van der Waals surface area contributed by atoms with Crippen molar-refractivity contribution in [1.82, 2.24) is 0 Å². The summed E-state index contributed by atoms with van der Waals surface area (Å²) >= 11 is 2.85. The molecular formula is C10H9BrF2O2. The molecule has 2 nitrogen and oxygen atoms in total. The lowest BCUT2D eigenvalue weighted by atomic mass is 10.0. The van der Waals surface area contributed by atoms with Crippen LogP contribution < -0.4 is 0 Å². The SMILES string of the molecule is Oc1c(F)cc(Br)c(F)c1CC1(O)CC1. The fraction of sp³-hybridized carbons (Fsp3) is 0.400. The Bertz CT molecular complexity index is 390. The molecule has 0 saturated heterocycles. The van der Waals surface area contributed by atoms with Crippen LogP contribution in [-0.4, -0.2) is 15.8 Å². The number of phenols is 1. The molecule has 1 aliphatic carbocycles. The molecule has 0 aromatic heterocycles. The summed E-state index contributed by atoms with van der Waals surface area (Å²) in [7, 11) is 0. The highest BCUT2D eigenvalue weighted by Crippen LogP contribution is 2.42. The van der Waals surface area contributed by atoms with Crippen LogP contribution in [0.4, 0.5) is 8.78 Å². The monoisotopic (exact) mass is 278 g/mol. The summed E-state index contributed by atoms with van der Waals surface area (Å²) in [6.45, 7) is 0. The molecule has 1 aromatic rings. The quantitative estimate of drug-likeness (QED) is 0.816. The molecule has 0 bridgehead atoms. The number of hydrogen-bond acceptors (Lipinski definition) is 2. The van der Waals surface area contributed by atoms with Crippen molar-refractivity contribution < 1.29 is 19.0 Å². The fourth-order valence-corrected chi connectivity index (χ4v) is 1.89. The lowest BCUT2D eigenvalue weighted by Crippen LogP contribution is -2.13. The predicted molar refractivity (Wildman–Crippen MR) is 53.6 cm³/mol. The van der Waals surface area contributed by atoms with Crippen molar-refractivity contribution in [2.45, 2.75) is 24.9 Å². The van der Waals surface area contributed by atoms with Gasteiger partial charge in [0.05, 0.1) is 10.1 Å². The minimum Gasteiger partial charge on any atom is -0.505 e. The molecule has 0 unspecified atom stereocenters. The van der Waals surface area contributed by atoms with Crippen molar-refractivity contribution in [1.29, 1.82) is 0 Å². The second-order valence-electron chi connectivity index (χ2n) is 3.88. The smallest absolute Gasteiger partial charge is 0.166 e. The molecule has 0 amide bonds. The van der Waals surface area contributed by atoms with Crippen LogP contribution >= 0.6 is 15.9 Å². The van der Waals surface area contributed by atoms with Gasteiger partial charge in [0.25, 0.3) is 0 Å². The summed E-state index contributed by atoms with van der Waals surface area (Å²) in [5.74, 6) is -2.31. The molecule has 0 atom stereocenters. The van der Waals surface area contributed by atoms with Crippen LogP contribution in [-0.2, 0) is 6.42 Å². The van der Waals surface area contributed by atoms with Crippen LogP contribution in [0.2, 0.25) is 0 Å². The van der Waals surface area contributed by atoms with Crippen molar-refractivity contribution in [3.8, 4) is 5.75 Å². The van der Waals surface area contributed by atoms with Gasteiger partial charge in [-0.15, -0.1) is 0 Å². The lowest BCUT2D eigenvalue weighted by Gasteiger charge is -2.12. The zero-order chi connectivity index (χ0) is 11.2. The summed E-state index contributed by atoms with van der Waals surface area (Å²) in [5, 5.41) is 18.9. The first kappa shape index (κ1) is 10.8. The van der Waals surface area contributed by atoms with E-state index < -0.39 is 23.0 Å². The van der Waals surface area contributed by atoms with Gasteiger partial charge in [-0.3, -0.25) is 0 Å². The van der Waals surface area contributed by atoms with E-state index >= 15 is 0 Å². The Balaban J connectivity index is 2.44. The Morgan fingerprint density at radius 2 is 2.00 bits per heavy atom. The van der Waals surface area contributed by atoms with Crippen LogP contribution in [0.25, 0.3) is 0 Å². The van der Waals surface area contributed by atoms with E-state index in [4.69, 9.17) is 0 Å². The Morgan fingerprint density at radius 1 is 1.40 bits per heavy atom. The van der Waals surface area contributed by atoms with E-state index in [1.807, 2.05) is 0 Å². The van der Waals surface area contributed by atoms with Gasteiger partial charge in [-0.25, -0.2) is 8.78 Å². The van der Waals surface area contributed by atoms with E-state index in [2.05, 4.69) is 15.9 Å². The predicted octanol–water partition coefficient (Wildman–Crippen LogP) is 2.50. The van der Waals surface area contributed by atoms with Crippen LogP contribution in [0.15, 0.2) is 10.5 Å². The Labute approximate surface area is 93.7 Å². The third kappa shape index (κ3) is 1.99. The van der Waals surface area contributed by atoms with Crippen molar-refractivity contribution in [2.75, 3.05) is 0 Å². The van der Waals surface area contributed by atoms with E-state index in [0.717, 1.165) is 6.07 Å². The Hall–Kier alpha value is -0.680. The van der Waals surface area contributed by atoms with E-state index in [1.54, 1.807) is 0 Å². The largest absolute Gasteiger partial charge is 0.505 e. The van der Waals surface area contributed by atoms with Crippen LogP contribution in [0.5, 0.6) is 5.75 Å². The number of hydrogen-bond donors (Lipinski definition) is 2. The van der Waals surface area contributed by atoms with Crippen molar-refractivity contribution in [3.63, 3.8) is 0 Å². The number of halogens is 3. The van der Waals surface area contributed by atoms with Crippen LogP contribution in [0, 0.1) is 11.6 Å². The number of phenolic OH excluding ortho intramolecular Hbond substituents is 1. The zero-order valence-corrected chi connectivity index (χ0v) is 9.31. The van der Waals surface area contributed by atoms with Gasteiger partial charge >= 0.3 is 0 Å². The molecule has 1 aromatic carbocycles. The molecular weight excluding hydrogens is 270 g/mol. The summed E-state index contributed by atoms with van der Waals surface area (Å²) in [5.41, 5.74) is -1.13. The second-order valence-corrected chi connectivity index (χ2v) is 4.74. The number of aromatic hydroxyl groups is 1. The maximum absolute atomic E-state index is 13.5. The molecule has 2 N–H and O–H groups in total. The summed E-state index contributed by atoms with van der Waals surface area (Å²) in [4.78, 5) is 0. The van der Waals surface area contributed by atoms with Crippen LogP contribution in [0.1, 0.15) is 18.4 Å². The zero-order valence-electron chi connectivity index (χ0n) is 7.73. The minimum atomic E-state index is -0.967. The van der Waals surface area contributed by atoms with Crippen molar-refractivity contribution in [2.24, 2.45) is 0 Å². The highest BCUT2D eigenvalue weighted by molar-refractivity contribution is 9.10. The Kier molecular flexibility index (Phi) is 2.47. The standard InChI is InChI=1S/C10H9BrF2O2/c11-6-3-7(12)9(14)5(8(6)13)4-10(15)1-2-10/h3,14-15H,1-2,4H2. The van der Waals surface area contributed by atoms with Gasteiger partial charge in [-0.05, 0) is 34.8 Å². The summed E-state index contributed by atoms with van der Waals surface area (Å²) in [6.07, 6.45) is 1.06. The molecule has 82 valence electrons. The third-order valence-corrected chi connectivity index (χ3v) is 3.15. The Morgan fingerprint density at radius 3 is 2.53 bits per heavy atom. The van der Waals surface area contributed by atoms with Gasteiger partial charge in [0.1, 0.15) is 5.82 Å². The molecule has 1 fully saturated rings. The van der Waals surface area contributed by atoms with E-state index in [-0.39, 0.29) is 16.5 Å². The molecule has 15 heavy (non-hydrogen) atoms. The van der Waals surface area contributed by atoms with Gasteiger partial charge < -0.3 is 10.2 Å². The van der Waals surface area contributed by atoms with Gasteiger partial charge in [0.15, 0.2) is 11.6 Å². The molecule has 0 spiro atoms. The third-order valence-electron chi connectivity index (χ3n) is 2.57. The molecule has 0 heterocycles. The van der Waals surface area contributed by atoms with E-state index in [0.29, 0.717) is 12.8 Å². The average molecular weight is 279 g/mol. The first-order valence-corrected chi connectivity index (χ1v) is 5.30. The van der Waals surface area contributed by atoms with Crippen molar-refractivity contribution >= 4 is 15.9 Å². The highest BCUT2D eigenvalue weighted by atomic mass is 79.9. The van der Waals surface area contributed by atoms with Gasteiger partial charge in [0, 0.05) is 12.0 Å².